The Bertz CT molecular complexity index is 1000. The highest BCUT2D eigenvalue weighted by Crippen LogP contribution is 2.32. The Balaban J connectivity index is 1.54. The van der Waals surface area contributed by atoms with Gasteiger partial charge in [-0.25, -0.2) is 10.3 Å². The van der Waals surface area contributed by atoms with Crippen molar-refractivity contribution in [2.75, 3.05) is 13.7 Å². The summed E-state index contributed by atoms with van der Waals surface area (Å²) in [5, 5.41) is 1.84. The Morgan fingerprint density at radius 2 is 1.92 bits per heavy atom. The number of methoxy groups -OCH3 is 1. The molecule has 0 saturated heterocycles. The van der Waals surface area contributed by atoms with E-state index < -0.39 is 5.97 Å². The zero-order valence-electron chi connectivity index (χ0n) is 14.2. The van der Waals surface area contributed by atoms with Crippen LogP contribution in [0.1, 0.15) is 15.9 Å². The molecule has 1 aliphatic rings. The van der Waals surface area contributed by atoms with Crippen molar-refractivity contribution in [1.29, 1.82) is 0 Å². The fourth-order valence-electron chi connectivity index (χ4n) is 2.95. The average Bonchev–Trinajstić information content (AvgIpc) is 2.71. The van der Waals surface area contributed by atoms with Crippen molar-refractivity contribution >= 4 is 22.4 Å². The van der Waals surface area contributed by atoms with Gasteiger partial charge in [-0.05, 0) is 35.0 Å². The van der Waals surface area contributed by atoms with Gasteiger partial charge in [-0.15, -0.1) is 0 Å². The lowest BCUT2D eigenvalue weighted by molar-refractivity contribution is 0.0369. The number of benzene rings is 3. The summed E-state index contributed by atoms with van der Waals surface area (Å²) in [6.07, 6.45) is 1.82. The fraction of sp³-hybridized carbons (Fsp3) is 0.0952. The molecule has 0 atom stereocenters. The third kappa shape index (κ3) is 2.95. The van der Waals surface area contributed by atoms with E-state index in [0.29, 0.717) is 29.4 Å². The van der Waals surface area contributed by atoms with Crippen LogP contribution < -0.4 is 15.0 Å². The smallest absolute Gasteiger partial charge is 0.363 e. The van der Waals surface area contributed by atoms with Crippen LogP contribution in [0.4, 0.5) is 0 Å². The number of carbonyl (C=O) groups is 1. The summed E-state index contributed by atoms with van der Waals surface area (Å²) in [5.41, 5.74) is 4.77. The third-order valence-electron chi connectivity index (χ3n) is 4.27. The van der Waals surface area contributed by atoms with E-state index in [0.717, 1.165) is 16.3 Å². The Morgan fingerprint density at radius 1 is 1.08 bits per heavy atom. The highest BCUT2D eigenvalue weighted by Gasteiger charge is 2.17. The van der Waals surface area contributed by atoms with Gasteiger partial charge in [-0.2, -0.15) is 0 Å². The van der Waals surface area contributed by atoms with Crippen molar-refractivity contribution in [3.63, 3.8) is 0 Å². The number of carbonyl (C=O) groups excluding carboxylic acids is 1. The van der Waals surface area contributed by atoms with E-state index in [9.17, 15) is 4.79 Å². The van der Waals surface area contributed by atoms with Crippen LogP contribution in [0, 0.1) is 0 Å². The summed E-state index contributed by atoms with van der Waals surface area (Å²) in [6.45, 7) is 0.383. The molecule has 4 rings (SSSR count). The number of hydrogen-bond donors (Lipinski definition) is 1. The summed E-state index contributed by atoms with van der Waals surface area (Å²) < 4.78 is 10.8. The van der Waals surface area contributed by atoms with Gasteiger partial charge in [0.25, 0.3) is 0 Å². The van der Waals surface area contributed by atoms with Gasteiger partial charge in [0.2, 0.25) is 0 Å². The van der Waals surface area contributed by atoms with Crippen LogP contribution in [-0.2, 0) is 4.84 Å². The normalized spacial score (nSPS) is 12.6. The molecule has 0 saturated carbocycles. The van der Waals surface area contributed by atoms with Gasteiger partial charge in [-0.1, -0.05) is 36.4 Å². The van der Waals surface area contributed by atoms with E-state index in [1.54, 1.807) is 19.2 Å². The van der Waals surface area contributed by atoms with Gasteiger partial charge in [0.15, 0.2) is 0 Å². The summed E-state index contributed by atoms with van der Waals surface area (Å²) in [6, 6.07) is 18.8. The standard InChI is InChI=1S/C21H17NO4/c1-24-15-9-10-18-19(11-12-25-20(18)13-15)22-26-21(23)17-8-4-6-14-5-2-3-7-16(14)17/h2-11,13,22H,12H2,1H3. The van der Waals surface area contributed by atoms with E-state index in [1.807, 2.05) is 54.6 Å². The number of rotatable bonds is 4. The van der Waals surface area contributed by atoms with Crippen LogP contribution in [0.2, 0.25) is 0 Å². The lowest BCUT2D eigenvalue weighted by Gasteiger charge is -2.20. The molecule has 5 nitrogen and oxygen atoms in total. The number of hydrogen-bond acceptors (Lipinski definition) is 5. The minimum absolute atomic E-state index is 0.383. The first-order valence-electron chi connectivity index (χ1n) is 8.22. The Morgan fingerprint density at radius 3 is 2.81 bits per heavy atom. The SMILES string of the molecule is COc1ccc2c(c1)OCC=C2NOC(=O)c1cccc2ccccc12. The van der Waals surface area contributed by atoms with Crippen LogP contribution in [0.5, 0.6) is 11.5 Å². The zero-order valence-corrected chi connectivity index (χ0v) is 14.2. The van der Waals surface area contributed by atoms with E-state index in [-0.39, 0.29) is 0 Å². The molecular weight excluding hydrogens is 330 g/mol. The number of fused-ring (bicyclic) bond motifs is 2. The molecule has 0 aliphatic carbocycles. The van der Waals surface area contributed by atoms with Gasteiger partial charge in [0.05, 0.1) is 18.4 Å². The highest BCUT2D eigenvalue weighted by atomic mass is 16.7. The first kappa shape index (κ1) is 16.0. The van der Waals surface area contributed by atoms with Crippen molar-refractivity contribution in [1.82, 2.24) is 5.48 Å². The van der Waals surface area contributed by atoms with Crippen LogP contribution in [-0.4, -0.2) is 19.7 Å². The molecule has 0 radical (unpaired) electrons. The molecule has 5 heteroatoms. The van der Waals surface area contributed by atoms with Crippen molar-refractivity contribution < 1.29 is 19.1 Å². The van der Waals surface area contributed by atoms with Gasteiger partial charge >= 0.3 is 5.97 Å². The lowest BCUT2D eigenvalue weighted by Crippen LogP contribution is -2.21. The quantitative estimate of drug-likeness (QED) is 0.725. The van der Waals surface area contributed by atoms with Crippen molar-refractivity contribution in [3.05, 3.63) is 77.9 Å². The number of hydroxylamine groups is 1. The average molecular weight is 347 g/mol. The number of ether oxygens (including phenoxy) is 2. The molecule has 0 spiro atoms. The maximum absolute atomic E-state index is 12.6. The zero-order chi connectivity index (χ0) is 17.9. The second-order valence-corrected chi connectivity index (χ2v) is 5.81. The second kappa shape index (κ2) is 6.80. The molecule has 1 N–H and O–H groups in total. The summed E-state index contributed by atoms with van der Waals surface area (Å²) in [7, 11) is 1.60. The summed E-state index contributed by atoms with van der Waals surface area (Å²) >= 11 is 0. The van der Waals surface area contributed by atoms with Gasteiger partial charge in [-0.3, -0.25) is 0 Å². The summed E-state index contributed by atoms with van der Waals surface area (Å²) in [5.74, 6) is 0.942. The van der Waals surface area contributed by atoms with Crippen LogP contribution in [0.3, 0.4) is 0 Å². The molecular formula is C21H17NO4. The second-order valence-electron chi connectivity index (χ2n) is 5.81. The molecule has 1 heterocycles. The highest BCUT2D eigenvalue weighted by molar-refractivity contribution is 6.04. The van der Waals surface area contributed by atoms with Gasteiger partial charge in [0.1, 0.15) is 18.1 Å². The van der Waals surface area contributed by atoms with Crippen LogP contribution in [0.15, 0.2) is 66.7 Å². The van der Waals surface area contributed by atoms with Crippen molar-refractivity contribution in [2.24, 2.45) is 0 Å². The molecule has 3 aromatic carbocycles. The van der Waals surface area contributed by atoms with Crippen molar-refractivity contribution in [2.45, 2.75) is 0 Å². The van der Waals surface area contributed by atoms with Gasteiger partial charge < -0.3 is 14.3 Å². The third-order valence-corrected chi connectivity index (χ3v) is 4.27. The van der Waals surface area contributed by atoms with E-state index in [1.165, 1.54) is 0 Å². The molecule has 0 fully saturated rings. The molecule has 130 valence electrons. The maximum Gasteiger partial charge on any atom is 0.363 e. The predicted octanol–water partition coefficient (Wildman–Crippen LogP) is 3.94. The minimum atomic E-state index is -0.441. The maximum atomic E-state index is 12.6. The Hall–Kier alpha value is -3.47. The fourth-order valence-corrected chi connectivity index (χ4v) is 2.95. The lowest BCUT2D eigenvalue weighted by atomic mass is 10.1. The predicted molar refractivity (Wildman–Crippen MR) is 99.0 cm³/mol. The topological polar surface area (TPSA) is 56.8 Å². The Kier molecular flexibility index (Phi) is 4.19. The van der Waals surface area contributed by atoms with Crippen LogP contribution in [0.25, 0.3) is 16.5 Å². The minimum Gasteiger partial charge on any atom is -0.497 e. The van der Waals surface area contributed by atoms with E-state index in [2.05, 4.69) is 5.48 Å². The Labute approximate surface area is 150 Å². The van der Waals surface area contributed by atoms with E-state index in [4.69, 9.17) is 14.3 Å². The molecule has 26 heavy (non-hydrogen) atoms. The van der Waals surface area contributed by atoms with E-state index >= 15 is 0 Å². The largest absolute Gasteiger partial charge is 0.497 e. The summed E-state index contributed by atoms with van der Waals surface area (Å²) in [4.78, 5) is 17.9. The first-order chi connectivity index (χ1) is 12.8. The van der Waals surface area contributed by atoms with Crippen LogP contribution >= 0.6 is 0 Å². The monoisotopic (exact) mass is 347 g/mol. The molecule has 0 bridgehead atoms. The molecule has 1 aliphatic heterocycles. The molecule has 3 aromatic rings. The van der Waals surface area contributed by atoms with Crippen molar-refractivity contribution in [3.8, 4) is 11.5 Å². The molecule has 0 unspecified atom stereocenters. The number of nitrogens with one attached hydrogen (secondary N) is 1. The first-order valence-corrected chi connectivity index (χ1v) is 8.22. The molecule has 0 aromatic heterocycles. The molecule has 0 amide bonds. The van der Waals surface area contributed by atoms with Gasteiger partial charge in [0, 0.05) is 11.6 Å².